The third kappa shape index (κ3) is 2.60. The molecule has 19 heavy (non-hydrogen) atoms. The molecule has 0 aromatic carbocycles. The number of alkyl halides is 1. The third-order valence-corrected chi connectivity index (χ3v) is 2.81. The number of fused-ring (bicyclic) bond motifs is 1. The normalized spacial score (nSPS) is 10.7. The van der Waals surface area contributed by atoms with Crippen molar-refractivity contribution in [1.82, 2.24) is 24.8 Å². The van der Waals surface area contributed by atoms with Crippen LogP contribution in [-0.4, -0.2) is 39.1 Å². The van der Waals surface area contributed by atoms with Crippen LogP contribution in [0.2, 0.25) is 0 Å². The highest BCUT2D eigenvalue weighted by atomic mass is 35.5. The summed E-state index contributed by atoms with van der Waals surface area (Å²) in [4.78, 5) is 24.1. The molecule has 7 nitrogen and oxygen atoms in total. The van der Waals surface area contributed by atoms with Crippen LogP contribution in [0.25, 0.3) is 11.2 Å². The van der Waals surface area contributed by atoms with Gasteiger partial charge in [-0.2, -0.15) is 4.98 Å². The largest absolute Gasteiger partial charge is 0.479 e. The van der Waals surface area contributed by atoms with E-state index in [1.807, 2.05) is 6.92 Å². The SMILES string of the molecule is CCNC(=O)Cn1c(CCl)nc2c(OC)ncnc21. The molecule has 0 aliphatic heterocycles. The fourth-order valence-corrected chi connectivity index (χ4v) is 1.98. The number of halogens is 1. The first-order valence-corrected chi connectivity index (χ1v) is 6.31. The molecule has 0 bridgehead atoms. The van der Waals surface area contributed by atoms with Gasteiger partial charge in [0.05, 0.1) is 13.0 Å². The summed E-state index contributed by atoms with van der Waals surface area (Å²) >= 11 is 5.86. The van der Waals surface area contributed by atoms with Crippen LogP contribution in [0.15, 0.2) is 6.33 Å². The van der Waals surface area contributed by atoms with Crippen LogP contribution < -0.4 is 10.1 Å². The van der Waals surface area contributed by atoms with Crippen molar-refractivity contribution < 1.29 is 9.53 Å². The molecule has 0 saturated carbocycles. The molecule has 0 aliphatic rings. The van der Waals surface area contributed by atoms with Gasteiger partial charge in [0.2, 0.25) is 11.8 Å². The maximum atomic E-state index is 11.7. The second-order valence-electron chi connectivity index (χ2n) is 3.76. The van der Waals surface area contributed by atoms with Gasteiger partial charge >= 0.3 is 0 Å². The zero-order valence-corrected chi connectivity index (χ0v) is 11.4. The van der Waals surface area contributed by atoms with Crippen LogP contribution in [-0.2, 0) is 17.2 Å². The van der Waals surface area contributed by atoms with Gasteiger partial charge in [0.15, 0.2) is 11.2 Å². The highest BCUT2D eigenvalue weighted by molar-refractivity contribution is 6.16. The van der Waals surface area contributed by atoms with E-state index >= 15 is 0 Å². The van der Waals surface area contributed by atoms with E-state index in [2.05, 4.69) is 20.3 Å². The smallest absolute Gasteiger partial charge is 0.245 e. The number of carbonyl (C=O) groups is 1. The number of aromatic nitrogens is 4. The lowest BCUT2D eigenvalue weighted by Gasteiger charge is -2.06. The lowest BCUT2D eigenvalue weighted by Crippen LogP contribution is -2.27. The number of nitrogens with zero attached hydrogens (tertiary/aromatic N) is 4. The Morgan fingerprint density at radius 3 is 2.95 bits per heavy atom. The molecule has 2 heterocycles. The molecule has 102 valence electrons. The Labute approximate surface area is 115 Å². The molecular formula is C11H14ClN5O2. The summed E-state index contributed by atoms with van der Waals surface area (Å²) in [6.45, 7) is 2.55. The summed E-state index contributed by atoms with van der Waals surface area (Å²) in [5.74, 6) is 0.984. The molecule has 1 N–H and O–H groups in total. The minimum atomic E-state index is -0.120. The molecular weight excluding hydrogens is 270 g/mol. The Morgan fingerprint density at radius 1 is 1.53 bits per heavy atom. The standard InChI is InChI=1S/C11H14ClN5O2/c1-3-13-8(18)5-17-7(4-12)16-9-10(17)14-6-15-11(9)19-2/h6H,3-5H2,1-2H3,(H,13,18). The molecule has 0 radical (unpaired) electrons. The van der Waals surface area contributed by atoms with Gasteiger partial charge in [0.25, 0.3) is 0 Å². The second-order valence-corrected chi connectivity index (χ2v) is 4.02. The number of amides is 1. The van der Waals surface area contributed by atoms with Crippen molar-refractivity contribution in [3.8, 4) is 5.88 Å². The molecule has 2 aromatic rings. The van der Waals surface area contributed by atoms with Crippen LogP contribution in [0, 0.1) is 0 Å². The van der Waals surface area contributed by atoms with Crippen LogP contribution in [0.5, 0.6) is 5.88 Å². The first-order chi connectivity index (χ1) is 9.21. The summed E-state index contributed by atoms with van der Waals surface area (Å²) in [6.07, 6.45) is 1.37. The Kier molecular flexibility index (Phi) is 4.16. The van der Waals surface area contributed by atoms with Crippen molar-refractivity contribution in [2.45, 2.75) is 19.3 Å². The molecule has 0 fully saturated rings. The van der Waals surface area contributed by atoms with Crippen molar-refractivity contribution in [3.63, 3.8) is 0 Å². The van der Waals surface area contributed by atoms with Gasteiger partial charge in [-0.25, -0.2) is 9.97 Å². The fraction of sp³-hybridized carbons (Fsp3) is 0.455. The van der Waals surface area contributed by atoms with Crippen molar-refractivity contribution in [1.29, 1.82) is 0 Å². The van der Waals surface area contributed by atoms with Crippen LogP contribution in [0.3, 0.4) is 0 Å². The summed E-state index contributed by atoms with van der Waals surface area (Å²) < 4.78 is 6.79. The molecule has 8 heteroatoms. The fourth-order valence-electron chi connectivity index (χ4n) is 1.78. The number of imidazole rings is 1. The van der Waals surface area contributed by atoms with Gasteiger partial charge in [-0.05, 0) is 6.92 Å². The van der Waals surface area contributed by atoms with Crippen LogP contribution in [0.1, 0.15) is 12.7 Å². The number of nitrogens with one attached hydrogen (secondary N) is 1. The molecule has 0 atom stereocenters. The van der Waals surface area contributed by atoms with Gasteiger partial charge in [0.1, 0.15) is 18.7 Å². The Morgan fingerprint density at radius 2 is 2.32 bits per heavy atom. The zero-order chi connectivity index (χ0) is 13.8. The predicted octanol–water partition coefficient (Wildman–Crippen LogP) is 0.710. The first kappa shape index (κ1) is 13.5. The number of likely N-dealkylation sites (N-methyl/N-ethyl adjacent to an activating group) is 1. The first-order valence-electron chi connectivity index (χ1n) is 5.78. The molecule has 2 aromatic heterocycles. The quantitative estimate of drug-likeness (QED) is 0.817. The Balaban J connectivity index is 2.49. The van der Waals surface area contributed by atoms with Crippen molar-refractivity contribution in [3.05, 3.63) is 12.2 Å². The lowest BCUT2D eigenvalue weighted by atomic mass is 10.5. The summed E-state index contributed by atoms with van der Waals surface area (Å²) in [5, 5.41) is 2.72. The molecule has 0 saturated heterocycles. The minimum absolute atomic E-state index is 0.118. The van der Waals surface area contributed by atoms with Crippen molar-refractivity contribution in [2.24, 2.45) is 0 Å². The van der Waals surface area contributed by atoms with Crippen molar-refractivity contribution >= 4 is 28.7 Å². The molecule has 2 rings (SSSR count). The van der Waals surface area contributed by atoms with Crippen LogP contribution in [0.4, 0.5) is 0 Å². The monoisotopic (exact) mass is 283 g/mol. The number of hydrogen-bond acceptors (Lipinski definition) is 5. The van der Waals surface area contributed by atoms with Crippen LogP contribution >= 0.6 is 11.6 Å². The number of methoxy groups -OCH3 is 1. The van der Waals surface area contributed by atoms with E-state index < -0.39 is 0 Å². The average Bonchev–Trinajstić information content (AvgIpc) is 2.77. The molecule has 0 spiro atoms. The third-order valence-electron chi connectivity index (χ3n) is 2.57. The topological polar surface area (TPSA) is 81.9 Å². The van der Waals surface area contributed by atoms with E-state index in [0.29, 0.717) is 29.4 Å². The maximum Gasteiger partial charge on any atom is 0.245 e. The summed E-state index contributed by atoms with van der Waals surface area (Å²) in [6, 6.07) is 0. The minimum Gasteiger partial charge on any atom is -0.479 e. The predicted molar refractivity (Wildman–Crippen MR) is 70.1 cm³/mol. The average molecular weight is 284 g/mol. The highest BCUT2D eigenvalue weighted by Crippen LogP contribution is 2.22. The number of rotatable bonds is 5. The van der Waals surface area contributed by atoms with Gasteiger partial charge < -0.3 is 14.6 Å². The van der Waals surface area contributed by atoms with Crippen molar-refractivity contribution in [2.75, 3.05) is 13.7 Å². The van der Waals surface area contributed by atoms with Gasteiger partial charge in [-0.3, -0.25) is 4.79 Å². The van der Waals surface area contributed by atoms with E-state index in [9.17, 15) is 4.79 Å². The van der Waals surface area contributed by atoms with Gasteiger partial charge in [-0.1, -0.05) is 0 Å². The zero-order valence-electron chi connectivity index (χ0n) is 10.7. The summed E-state index contributed by atoms with van der Waals surface area (Å²) in [5.41, 5.74) is 1.04. The Hall–Kier alpha value is -1.89. The van der Waals surface area contributed by atoms with E-state index in [0.717, 1.165) is 0 Å². The van der Waals surface area contributed by atoms with Gasteiger partial charge in [0, 0.05) is 6.54 Å². The maximum absolute atomic E-state index is 11.7. The second kappa shape index (κ2) is 5.83. The Bertz CT molecular complexity index is 598. The van der Waals surface area contributed by atoms with E-state index in [4.69, 9.17) is 16.3 Å². The number of ether oxygens (including phenoxy) is 1. The van der Waals surface area contributed by atoms with E-state index in [1.165, 1.54) is 13.4 Å². The summed E-state index contributed by atoms with van der Waals surface area (Å²) in [7, 11) is 1.50. The molecule has 1 amide bonds. The van der Waals surface area contributed by atoms with E-state index in [-0.39, 0.29) is 18.3 Å². The molecule has 0 unspecified atom stereocenters. The highest BCUT2D eigenvalue weighted by Gasteiger charge is 2.17. The number of carbonyl (C=O) groups excluding carboxylic acids is 1. The van der Waals surface area contributed by atoms with Gasteiger partial charge in [-0.15, -0.1) is 11.6 Å². The number of hydrogen-bond donors (Lipinski definition) is 1. The molecule has 0 aliphatic carbocycles. The lowest BCUT2D eigenvalue weighted by molar-refractivity contribution is -0.121. The van der Waals surface area contributed by atoms with E-state index in [1.54, 1.807) is 4.57 Å².